The van der Waals surface area contributed by atoms with Crippen LogP contribution in [0.1, 0.15) is 101 Å². The van der Waals surface area contributed by atoms with Crippen molar-refractivity contribution in [2.75, 3.05) is 6.61 Å². The summed E-state index contributed by atoms with van der Waals surface area (Å²) >= 11 is 0. The van der Waals surface area contributed by atoms with E-state index in [9.17, 15) is 24.0 Å². The molecule has 0 radical (unpaired) electrons. The molecule has 1 amide bonds. The highest BCUT2D eigenvalue weighted by Gasteiger charge is 2.27. The Labute approximate surface area is 211 Å². The smallest absolute Gasteiger partial charge is 0.303 e. The van der Waals surface area contributed by atoms with Crippen LogP contribution in [0.3, 0.4) is 0 Å². The predicted molar refractivity (Wildman–Crippen MR) is 134 cm³/mol. The third-order valence-electron chi connectivity index (χ3n) is 5.34. The second kappa shape index (κ2) is 11.4. The topological polar surface area (TPSA) is 127 Å². The lowest BCUT2D eigenvalue weighted by molar-refractivity contribution is -0.137. The molecule has 0 aliphatic carbocycles. The van der Waals surface area contributed by atoms with Gasteiger partial charge in [0.2, 0.25) is 0 Å². The fourth-order valence-electron chi connectivity index (χ4n) is 3.33. The van der Waals surface area contributed by atoms with Gasteiger partial charge in [0.05, 0.1) is 12.2 Å². The Morgan fingerprint density at radius 1 is 0.750 bits per heavy atom. The Morgan fingerprint density at radius 3 is 1.78 bits per heavy atom. The van der Waals surface area contributed by atoms with Crippen molar-refractivity contribution in [3.05, 3.63) is 70.3 Å². The van der Waals surface area contributed by atoms with Crippen LogP contribution in [0.25, 0.3) is 0 Å². The summed E-state index contributed by atoms with van der Waals surface area (Å²) in [7, 11) is 0. The van der Waals surface area contributed by atoms with Gasteiger partial charge in [-0.05, 0) is 18.6 Å². The molecule has 0 spiro atoms. The highest BCUT2D eigenvalue weighted by atomic mass is 16.6. The number of aliphatic carboxylic acids is 1. The number of carboxylic acids is 1. The van der Waals surface area contributed by atoms with Crippen molar-refractivity contribution >= 4 is 29.2 Å². The fraction of sp³-hybridized carbons (Fsp3) is 0.393. The van der Waals surface area contributed by atoms with Crippen molar-refractivity contribution in [3.8, 4) is 0 Å². The molecule has 0 saturated carbocycles. The summed E-state index contributed by atoms with van der Waals surface area (Å²) in [5.41, 5.74) is 1.94. The number of hydrogen-bond acceptors (Lipinski definition) is 6. The number of Topliss-reactive ketones (excluding diaryl/α,β-unsaturated/α-hetero) is 2. The Balaban J connectivity index is 2.40. The number of amides is 1. The lowest BCUT2D eigenvalue weighted by Gasteiger charge is -2.18. The number of ketones is 3. The molecule has 2 aromatic rings. The first-order chi connectivity index (χ1) is 16.6. The van der Waals surface area contributed by atoms with E-state index in [2.05, 4.69) is 5.48 Å². The van der Waals surface area contributed by atoms with Crippen LogP contribution in [-0.2, 0) is 9.63 Å². The van der Waals surface area contributed by atoms with Crippen LogP contribution in [0, 0.1) is 10.8 Å². The minimum absolute atomic E-state index is 0.00135. The SMILES string of the molecule is CC(C)(C)C(=O)c1ccc(C(=O)c2cc(C(=O)C(C)(C)C)ccc2C(=O)NOCCCC(=O)O)cc1. The normalized spacial score (nSPS) is 11.6. The van der Waals surface area contributed by atoms with Crippen molar-refractivity contribution in [1.29, 1.82) is 0 Å². The Bertz CT molecular complexity index is 1170. The van der Waals surface area contributed by atoms with Crippen LogP contribution < -0.4 is 5.48 Å². The first kappa shape index (κ1) is 28.6. The Kier molecular flexibility index (Phi) is 9.05. The molecule has 2 rings (SSSR count). The van der Waals surface area contributed by atoms with Gasteiger partial charge in [0, 0.05) is 39.5 Å². The summed E-state index contributed by atoms with van der Waals surface area (Å²) < 4.78 is 0. The molecule has 0 bridgehead atoms. The lowest BCUT2D eigenvalue weighted by atomic mass is 9.84. The summed E-state index contributed by atoms with van der Waals surface area (Å²) in [6.45, 7) is 10.7. The number of nitrogens with one attached hydrogen (secondary N) is 1. The molecule has 0 aliphatic heterocycles. The zero-order valence-corrected chi connectivity index (χ0v) is 21.6. The number of carbonyl (C=O) groups excluding carboxylic acids is 4. The first-order valence-corrected chi connectivity index (χ1v) is 11.6. The minimum atomic E-state index is -0.980. The quantitative estimate of drug-likeness (QED) is 0.273. The van der Waals surface area contributed by atoms with Gasteiger partial charge in [-0.1, -0.05) is 71.9 Å². The molecule has 8 nitrogen and oxygen atoms in total. The Hall–Kier alpha value is -3.65. The average molecular weight is 496 g/mol. The van der Waals surface area contributed by atoms with Crippen molar-refractivity contribution in [1.82, 2.24) is 5.48 Å². The molecule has 0 atom stereocenters. The van der Waals surface area contributed by atoms with Gasteiger partial charge in [-0.2, -0.15) is 0 Å². The van der Waals surface area contributed by atoms with Crippen molar-refractivity contribution in [2.24, 2.45) is 10.8 Å². The van der Waals surface area contributed by atoms with E-state index in [1.54, 1.807) is 53.7 Å². The molecular weight excluding hydrogens is 462 g/mol. The van der Waals surface area contributed by atoms with Gasteiger partial charge in [0.15, 0.2) is 17.3 Å². The molecule has 0 unspecified atom stereocenters. The van der Waals surface area contributed by atoms with E-state index < -0.39 is 28.5 Å². The highest BCUT2D eigenvalue weighted by Crippen LogP contribution is 2.25. The standard InChI is InChI=1S/C28H33NO7/c1-27(2,3)24(33)18-11-9-17(10-12-18)23(32)21-16-19(25(34)28(4,5)6)13-14-20(21)26(35)29-36-15-7-8-22(30)31/h9-14,16H,7-8,15H2,1-6H3,(H,29,35)(H,30,31). The first-order valence-electron chi connectivity index (χ1n) is 11.6. The van der Waals surface area contributed by atoms with Gasteiger partial charge in [-0.3, -0.25) is 28.8 Å². The average Bonchev–Trinajstić information content (AvgIpc) is 2.80. The zero-order chi connectivity index (χ0) is 27.3. The maximum Gasteiger partial charge on any atom is 0.303 e. The van der Waals surface area contributed by atoms with Crippen molar-refractivity contribution in [2.45, 2.75) is 54.4 Å². The second-order valence-corrected chi connectivity index (χ2v) is 10.6. The molecule has 0 heterocycles. The van der Waals surface area contributed by atoms with Crippen LogP contribution in [0.15, 0.2) is 42.5 Å². The molecule has 8 heteroatoms. The maximum atomic E-state index is 13.4. The van der Waals surface area contributed by atoms with Gasteiger partial charge in [-0.25, -0.2) is 5.48 Å². The van der Waals surface area contributed by atoms with E-state index in [0.29, 0.717) is 5.56 Å². The van der Waals surface area contributed by atoms with Crippen LogP contribution in [0.5, 0.6) is 0 Å². The monoisotopic (exact) mass is 495 g/mol. The maximum absolute atomic E-state index is 13.4. The second-order valence-electron chi connectivity index (χ2n) is 10.6. The van der Waals surface area contributed by atoms with Gasteiger partial charge in [0.25, 0.3) is 5.91 Å². The van der Waals surface area contributed by atoms with Gasteiger partial charge >= 0.3 is 5.97 Å². The van der Waals surface area contributed by atoms with E-state index in [1.165, 1.54) is 30.3 Å². The van der Waals surface area contributed by atoms with Crippen LogP contribution in [0.4, 0.5) is 0 Å². The third-order valence-corrected chi connectivity index (χ3v) is 5.34. The minimum Gasteiger partial charge on any atom is -0.481 e. The van der Waals surface area contributed by atoms with Gasteiger partial charge in [0.1, 0.15) is 0 Å². The van der Waals surface area contributed by atoms with E-state index in [1.807, 2.05) is 0 Å². The van der Waals surface area contributed by atoms with Crippen LogP contribution in [-0.4, -0.2) is 40.9 Å². The summed E-state index contributed by atoms with van der Waals surface area (Å²) in [6.07, 6.45) is 0.0803. The molecule has 0 aromatic heterocycles. The van der Waals surface area contributed by atoms with E-state index in [-0.39, 0.29) is 53.3 Å². The van der Waals surface area contributed by atoms with E-state index in [4.69, 9.17) is 9.94 Å². The molecule has 192 valence electrons. The number of rotatable bonds is 10. The lowest BCUT2D eigenvalue weighted by Crippen LogP contribution is -2.27. The van der Waals surface area contributed by atoms with Crippen molar-refractivity contribution in [3.63, 3.8) is 0 Å². The van der Waals surface area contributed by atoms with Crippen molar-refractivity contribution < 1.29 is 33.9 Å². The molecule has 0 fully saturated rings. The van der Waals surface area contributed by atoms with Gasteiger partial charge < -0.3 is 5.11 Å². The molecule has 2 aromatic carbocycles. The summed E-state index contributed by atoms with van der Waals surface area (Å²) in [5, 5.41) is 8.69. The fourth-order valence-corrected chi connectivity index (χ4v) is 3.33. The molecule has 36 heavy (non-hydrogen) atoms. The number of benzene rings is 2. The number of hydroxylamine groups is 1. The third kappa shape index (κ3) is 7.42. The Morgan fingerprint density at radius 2 is 1.25 bits per heavy atom. The van der Waals surface area contributed by atoms with E-state index >= 15 is 0 Å². The largest absolute Gasteiger partial charge is 0.481 e. The number of hydrogen-bond donors (Lipinski definition) is 2. The zero-order valence-electron chi connectivity index (χ0n) is 21.6. The molecule has 2 N–H and O–H groups in total. The summed E-state index contributed by atoms with van der Waals surface area (Å²) in [5.74, 6) is -2.45. The molecule has 0 saturated heterocycles. The van der Waals surface area contributed by atoms with Gasteiger partial charge in [-0.15, -0.1) is 0 Å². The predicted octanol–water partition coefficient (Wildman–Crippen LogP) is 4.90. The number of carboxylic acid groups (broad SMARTS) is 1. The summed E-state index contributed by atoms with van der Waals surface area (Å²) in [6, 6.07) is 10.4. The molecule has 0 aliphatic rings. The van der Waals surface area contributed by atoms with E-state index in [0.717, 1.165) is 0 Å². The van der Waals surface area contributed by atoms with Crippen LogP contribution in [0.2, 0.25) is 0 Å². The number of carbonyl (C=O) groups is 5. The van der Waals surface area contributed by atoms with Crippen LogP contribution >= 0.6 is 0 Å². The summed E-state index contributed by atoms with van der Waals surface area (Å²) in [4.78, 5) is 67.3. The molecular formula is C28H33NO7. The highest BCUT2D eigenvalue weighted by molar-refractivity contribution is 6.16.